The van der Waals surface area contributed by atoms with Crippen LogP contribution in [0.5, 0.6) is 11.5 Å². The van der Waals surface area contributed by atoms with E-state index in [-0.39, 0.29) is 11.2 Å². The van der Waals surface area contributed by atoms with E-state index in [1.54, 1.807) is 39.8 Å². The normalized spacial score (nSPS) is 9.97. The molecule has 0 bridgehead atoms. The summed E-state index contributed by atoms with van der Waals surface area (Å²) in [6.45, 7) is 7.40. The number of thioether (sulfide) groups is 1. The molecule has 2 aromatic carbocycles. The standard InChI is InChI=1S/C13H18O3S.C8H10OS.C5H8O2/c1-13(2,8-12(14)15)17-9-10-4-6-11(16-3)7-5-10;1-9-8-4-2-7(6-10)3-5-8;1-4(2)3-5(6)7/h4-7H,8-9H2,1-3H3,(H,14,15);2-5,10H,6H2,1H3;3H,1-2H3,(H,6,7). The predicted molar refractivity (Wildman–Crippen MR) is 143 cm³/mol. The van der Waals surface area contributed by atoms with Crippen molar-refractivity contribution >= 4 is 36.3 Å². The van der Waals surface area contributed by atoms with Gasteiger partial charge in [0.15, 0.2) is 0 Å². The maximum atomic E-state index is 10.7. The third-order valence-corrected chi connectivity index (χ3v) is 5.89. The van der Waals surface area contributed by atoms with Gasteiger partial charge in [0, 0.05) is 22.3 Å². The Balaban J connectivity index is 0.000000541. The highest BCUT2D eigenvalue weighted by molar-refractivity contribution is 7.99. The van der Waals surface area contributed by atoms with Crippen LogP contribution in [-0.2, 0) is 21.1 Å². The predicted octanol–water partition coefficient (Wildman–Crippen LogP) is 6.34. The van der Waals surface area contributed by atoms with Crippen molar-refractivity contribution in [1.82, 2.24) is 0 Å². The van der Waals surface area contributed by atoms with Crippen LogP contribution < -0.4 is 9.47 Å². The van der Waals surface area contributed by atoms with Gasteiger partial charge in [0.2, 0.25) is 0 Å². The Hall–Kier alpha value is -2.58. The quantitative estimate of drug-likeness (QED) is 0.269. The molecule has 2 rings (SSSR count). The molecule has 2 N–H and O–H groups in total. The Bertz CT molecular complexity index is 864. The highest BCUT2D eigenvalue weighted by Crippen LogP contribution is 2.31. The molecule has 0 spiro atoms. The highest BCUT2D eigenvalue weighted by atomic mass is 32.2. The van der Waals surface area contributed by atoms with Crippen molar-refractivity contribution in [3.8, 4) is 11.5 Å². The number of carboxylic acids is 2. The molecular weight excluding hydrogens is 472 g/mol. The van der Waals surface area contributed by atoms with Crippen molar-refractivity contribution in [2.24, 2.45) is 0 Å². The Morgan fingerprint density at radius 3 is 1.65 bits per heavy atom. The van der Waals surface area contributed by atoms with Crippen LogP contribution >= 0.6 is 24.4 Å². The van der Waals surface area contributed by atoms with Gasteiger partial charge < -0.3 is 19.7 Å². The fourth-order valence-corrected chi connectivity index (χ4v) is 3.58. The molecule has 0 aliphatic heterocycles. The number of benzene rings is 2. The van der Waals surface area contributed by atoms with E-state index in [0.29, 0.717) is 0 Å². The summed E-state index contributed by atoms with van der Waals surface area (Å²) in [7, 11) is 3.30. The summed E-state index contributed by atoms with van der Waals surface area (Å²) >= 11 is 5.78. The molecule has 0 heterocycles. The zero-order valence-corrected chi connectivity index (χ0v) is 22.4. The molecule has 0 radical (unpaired) electrons. The second-order valence-electron chi connectivity index (χ2n) is 8.03. The van der Waals surface area contributed by atoms with Gasteiger partial charge in [-0.1, -0.05) is 43.7 Å². The Morgan fingerprint density at radius 2 is 1.35 bits per heavy atom. The fraction of sp³-hybridized carbons (Fsp3) is 0.385. The van der Waals surface area contributed by atoms with Crippen molar-refractivity contribution in [2.75, 3.05) is 14.2 Å². The number of ether oxygens (including phenoxy) is 2. The lowest BCUT2D eigenvalue weighted by molar-refractivity contribution is -0.137. The first-order valence-corrected chi connectivity index (χ1v) is 12.1. The van der Waals surface area contributed by atoms with Crippen molar-refractivity contribution in [3.63, 3.8) is 0 Å². The summed E-state index contributed by atoms with van der Waals surface area (Å²) < 4.78 is 9.83. The fourth-order valence-electron chi connectivity index (χ4n) is 2.39. The lowest BCUT2D eigenvalue weighted by atomic mass is 10.1. The van der Waals surface area contributed by atoms with Gasteiger partial charge in [-0.2, -0.15) is 24.4 Å². The largest absolute Gasteiger partial charge is 0.497 e. The summed E-state index contributed by atoms with van der Waals surface area (Å²) in [6.07, 6.45) is 1.34. The minimum atomic E-state index is -0.875. The number of hydrogen-bond donors (Lipinski definition) is 3. The smallest absolute Gasteiger partial charge is 0.328 e. The number of carboxylic acid groups (broad SMARTS) is 2. The maximum Gasteiger partial charge on any atom is 0.328 e. The van der Waals surface area contributed by atoms with E-state index in [2.05, 4.69) is 12.6 Å². The average Bonchev–Trinajstić information content (AvgIpc) is 2.77. The van der Waals surface area contributed by atoms with Crippen LogP contribution in [0.25, 0.3) is 0 Å². The third-order valence-electron chi connectivity index (χ3n) is 4.12. The van der Waals surface area contributed by atoms with Gasteiger partial charge in [0.05, 0.1) is 20.6 Å². The number of rotatable bonds is 9. The lowest BCUT2D eigenvalue weighted by Crippen LogP contribution is -2.19. The molecule has 0 aliphatic rings. The van der Waals surface area contributed by atoms with Gasteiger partial charge >= 0.3 is 11.9 Å². The monoisotopic (exact) mass is 508 g/mol. The Morgan fingerprint density at radius 1 is 0.912 bits per heavy atom. The molecule has 188 valence electrons. The van der Waals surface area contributed by atoms with Crippen molar-refractivity contribution in [3.05, 3.63) is 71.3 Å². The summed E-state index contributed by atoms with van der Waals surface area (Å²) in [5, 5.41) is 16.8. The summed E-state index contributed by atoms with van der Waals surface area (Å²) in [6, 6.07) is 15.7. The SMILES string of the molecule is CC(C)=CC(=O)O.COc1ccc(CS)cc1.COc1ccc(CSC(C)(C)CC(=O)O)cc1. The van der Waals surface area contributed by atoms with Gasteiger partial charge in [-0.15, -0.1) is 0 Å². The zero-order valence-electron chi connectivity index (χ0n) is 20.7. The van der Waals surface area contributed by atoms with Gasteiger partial charge in [-0.05, 0) is 49.2 Å². The molecule has 0 atom stereocenters. The summed E-state index contributed by atoms with van der Waals surface area (Å²) in [5.74, 6) is 1.69. The van der Waals surface area contributed by atoms with Gasteiger partial charge in [0.25, 0.3) is 0 Å². The number of aliphatic carboxylic acids is 2. The summed E-state index contributed by atoms with van der Waals surface area (Å²) in [4.78, 5) is 20.4. The van der Waals surface area contributed by atoms with Crippen molar-refractivity contribution < 1.29 is 29.3 Å². The molecule has 34 heavy (non-hydrogen) atoms. The van der Waals surface area contributed by atoms with E-state index in [1.165, 1.54) is 17.2 Å². The number of hydrogen-bond acceptors (Lipinski definition) is 6. The van der Waals surface area contributed by atoms with Crippen LogP contribution in [0.4, 0.5) is 0 Å². The van der Waals surface area contributed by atoms with Crippen LogP contribution in [0.1, 0.15) is 45.2 Å². The van der Waals surface area contributed by atoms with E-state index >= 15 is 0 Å². The van der Waals surface area contributed by atoms with Gasteiger partial charge in [-0.3, -0.25) is 4.79 Å². The number of carbonyl (C=O) groups is 2. The van der Waals surface area contributed by atoms with Crippen LogP contribution in [0.3, 0.4) is 0 Å². The molecule has 0 saturated carbocycles. The van der Waals surface area contributed by atoms with Crippen LogP contribution in [0, 0.1) is 0 Å². The van der Waals surface area contributed by atoms with E-state index in [0.717, 1.165) is 28.6 Å². The van der Waals surface area contributed by atoms with E-state index < -0.39 is 11.9 Å². The topological polar surface area (TPSA) is 93.1 Å². The molecule has 0 aromatic heterocycles. The number of allylic oxidation sites excluding steroid dienone is 1. The summed E-state index contributed by atoms with van der Waals surface area (Å²) in [5.41, 5.74) is 3.20. The minimum absolute atomic E-state index is 0.174. The molecule has 0 amide bonds. The highest BCUT2D eigenvalue weighted by Gasteiger charge is 2.22. The van der Waals surface area contributed by atoms with Crippen LogP contribution in [0.15, 0.2) is 60.2 Å². The van der Waals surface area contributed by atoms with Gasteiger partial charge in [0.1, 0.15) is 11.5 Å². The van der Waals surface area contributed by atoms with E-state index in [9.17, 15) is 9.59 Å². The first kappa shape index (κ1) is 31.4. The molecule has 0 fully saturated rings. The maximum absolute atomic E-state index is 10.7. The molecule has 6 nitrogen and oxygen atoms in total. The average molecular weight is 509 g/mol. The lowest BCUT2D eigenvalue weighted by Gasteiger charge is -2.21. The van der Waals surface area contributed by atoms with E-state index in [4.69, 9.17) is 19.7 Å². The molecule has 2 aromatic rings. The first-order valence-electron chi connectivity index (χ1n) is 10.5. The van der Waals surface area contributed by atoms with Crippen LogP contribution in [0.2, 0.25) is 0 Å². The second-order valence-corrected chi connectivity index (χ2v) is 10.0. The minimum Gasteiger partial charge on any atom is -0.497 e. The van der Waals surface area contributed by atoms with Crippen molar-refractivity contribution in [1.29, 1.82) is 0 Å². The first-order chi connectivity index (χ1) is 15.9. The number of thiol groups is 1. The zero-order chi connectivity index (χ0) is 26.1. The van der Waals surface area contributed by atoms with Gasteiger partial charge in [-0.25, -0.2) is 4.79 Å². The second kappa shape index (κ2) is 16.9. The molecule has 8 heteroatoms. The Labute approximate surface area is 212 Å². The number of methoxy groups -OCH3 is 2. The Kier molecular flexibility index (Phi) is 15.7. The van der Waals surface area contributed by atoms with Crippen LogP contribution in [-0.4, -0.2) is 41.1 Å². The molecular formula is C26H36O6S2. The van der Waals surface area contributed by atoms with Crippen molar-refractivity contribution in [2.45, 2.75) is 50.4 Å². The third kappa shape index (κ3) is 16.1. The molecule has 0 unspecified atom stereocenters. The molecule has 0 aliphatic carbocycles. The van der Waals surface area contributed by atoms with E-state index in [1.807, 2.05) is 62.4 Å². The molecule has 0 saturated heterocycles.